The highest BCUT2D eigenvalue weighted by Crippen LogP contribution is 2.30. The number of aliphatic carboxylic acids is 1. The number of hydrogen-bond acceptors (Lipinski definition) is 2. The van der Waals surface area contributed by atoms with Crippen molar-refractivity contribution in [3.05, 3.63) is 0 Å². The van der Waals surface area contributed by atoms with Crippen molar-refractivity contribution in [1.29, 1.82) is 5.41 Å². The van der Waals surface area contributed by atoms with Crippen LogP contribution in [0.2, 0.25) is 0 Å². The van der Waals surface area contributed by atoms with E-state index in [2.05, 4.69) is 0 Å². The molecule has 0 amide bonds. The van der Waals surface area contributed by atoms with Gasteiger partial charge in [-0.2, -0.15) is 0 Å². The second kappa shape index (κ2) is 3.36. The van der Waals surface area contributed by atoms with Gasteiger partial charge in [0.05, 0.1) is 11.3 Å². The standard InChI is InChI=1S/C9H16N2O2/c1-7(10)11-5-3-9(2,4-6-11)8(12)13/h10H,3-6H2,1-2H3,(H,12,13). The molecule has 0 radical (unpaired) electrons. The molecule has 1 rings (SSSR count). The van der Waals surface area contributed by atoms with Crippen LogP contribution >= 0.6 is 0 Å². The van der Waals surface area contributed by atoms with Gasteiger partial charge < -0.3 is 10.0 Å². The number of likely N-dealkylation sites (tertiary alicyclic amines) is 1. The van der Waals surface area contributed by atoms with Gasteiger partial charge in [-0.05, 0) is 26.7 Å². The first kappa shape index (κ1) is 10.0. The molecule has 1 saturated heterocycles. The Morgan fingerprint density at radius 1 is 1.46 bits per heavy atom. The van der Waals surface area contributed by atoms with Crippen molar-refractivity contribution in [3.63, 3.8) is 0 Å². The largest absolute Gasteiger partial charge is 0.481 e. The quantitative estimate of drug-likeness (QED) is 0.475. The summed E-state index contributed by atoms with van der Waals surface area (Å²) in [6.45, 7) is 4.91. The molecule has 0 spiro atoms. The summed E-state index contributed by atoms with van der Waals surface area (Å²) in [5, 5.41) is 16.4. The SMILES string of the molecule is CC(=N)N1CCC(C)(C(=O)O)CC1. The minimum absolute atomic E-state index is 0.535. The summed E-state index contributed by atoms with van der Waals surface area (Å²) >= 11 is 0. The number of piperidine rings is 1. The Kier molecular flexibility index (Phi) is 2.59. The summed E-state index contributed by atoms with van der Waals surface area (Å²) < 4.78 is 0. The van der Waals surface area contributed by atoms with Crippen LogP contribution in [0.5, 0.6) is 0 Å². The Morgan fingerprint density at radius 2 is 1.92 bits per heavy atom. The van der Waals surface area contributed by atoms with E-state index >= 15 is 0 Å². The zero-order valence-corrected chi connectivity index (χ0v) is 8.13. The first-order valence-corrected chi connectivity index (χ1v) is 4.49. The van der Waals surface area contributed by atoms with E-state index in [0.717, 1.165) is 0 Å². The van der Waals surface area contributed by atoms with Gasteiger partial charge in [-0.3, -0.25) is 10.2 Å². The molecule has 0 aromatic carbocycles. The van der Waals surface area contributed by atoms with Crippen LogP contribution in [0.3, 0.4) is 0 Å². The fourth-order valence-corrected chi connectivity index (χ4v) is 1.55. The van der Waals surface area contributed by atoms with Gasteiger partial charge in [0, 0.05) is 13.1 Å². The number of hydrogen-bond donors (Lipinski definition) is 2. The van der Waals surface area contributed by atoms with E-state index in [-0.39, 0.29) is 0 Å². The molecular formula is C9H16N2O2. The number of nitrogens with one attached hydrogen (secondary N) is 1. The predicted molar refractivity (Wildman–Crippen MR) is 50.0 cm³/mol. The maximum Gasteiger partial charge on any atom is 0.309 e. The molecule has 2 N–H and O–H groups in total. The summed E-state index contributed by atoms with van der Waals surface area (Å²) in [4.78, 5) is 12.8. The highest BCUT2D eigenvalue weighted by molar-refractivity contribution is 5.78. The van der Waals surface area contributed by atoms with Crippen LogP contribution in [-0.4, -0.2) is 34.9 Å². The summed E-state index contributed by atoms with van der Waals surface area (Å²) in [6, 6.07) is 0. The molecule has 4 heteroatoms. The molecule has 1 fully saturated rings. The molecule has 0 atom stereocenters. The van der Waals surface area contributed by atoms with E-state index < -0.39 is 11.4 Å². The van der Waals surface area contributed by atoms with Crippen molar-refractivity contribution in [1.82, 2.24) is 4.90 Å². The van der Waals surface area contributed by atoms with Crippen LogP contribution in [0.4, 0.5) is 0 Å². The van der Waals surface area contributed by atoms with Gasteiger partial charge >= 0.3 is 5.97 Å². The molecule has 1 aliphatic heterocycles. The minimum Gasteiger partial charge on any atom is -0.481 e. The van der Waals surface area contributed by atoms with Crippen LogP contribution in [0.15, 0.2) is 0 Å². The van der Waals surface area contributed by atoms with Gasteiger partial charge in [0.25, 0.3) is 0 Å². The maximum absolute atomic E-state index is 10.9. The molecule has 74 valence electrons. The Labute approximate surface area is 78.1 Å². The lowest BCUT2D eigenvalue weighted by Gasteiger charge is -2.36. The predicted octanol–water partition coefficient (Wildman–Crippen LogP) is 1.17. The smallest absolute Gasteiger partial charge is 0.309 e. The molecule has 0 unspecified atom stereocenters. The number of carboxylic acids is 1. The number of carboxylic acid groups (broad SMARTS) is 1. The van der Waals surface area contributed by atoms with Gasteiger partial charge in [0.15, 0.2) is 0 Å². The second-order valence-electron chi connectivity index (χ2n) is 3.94. The lowest BCUT2D eigenvalue weighted by Crippen LogP contribution is -2.44. The Morgan fingerprint density at radius 3 is 2.23 bits per heavy atom. The topological polar surface area (TPSA) is 64.4 Å². The van der Waals surface area contributed by atoms with Gasteiger partial charge in [-0.25, -0.2) is 0 Å². The van der Waals surface area contributed by atoms with Crippen molar-refractivity contribution >= 4 is 11.8 Å². The van der Waals surface area contributed by atoms with Crippen molar-refractivity contribution in [2.75, 3.05) is 13.1 Å². The Hall–Kier alpha value is -1.06. The van der Waals surface area contributed by atoms with E-state index in [0.29, 0.717) is 31.8 Å². The summed E-state index contributed by atoms with van der Waals surface area (Å²) in [5.41, 5.74) is -0.577. The van der Waals surface area contributed by atoms with E-state index in [1.807, 2.05) is 4.90 Å². The molecule has 0 saturated carbocycles. The van der Waals surface area contributed by atoms with Crippen LogP contribution in [0, 0.1) is 10.8 Å². The Bertz CT molecular complexity index is 230. The maximum atomic E-state index is 10.9. The normalized spacial score (nSPS) is 21.2. The highest BCUT2D eigenvalue weighted by atomic mass is 16.4. The molecule has 1 aliphatic rings. The van der Waals surface area contributed by atoms with Crippen molar-refractivity contribution in [3.8, 4) is 0 Å². The van der Waals surface area contributed by atoms with Crippen LogP contribution in [0.1, 0.15) is 26.7 Å². The lowest BCUT2D eigenvalue weighted by atomic mass is 9.80. The molecule has 1 heterocycles. The first-order valence-electron chi connectivity index (χ1n) is 4.49. The van der Waals surface area contributed by atoms with E-state index in [4.69, 9.17) is 10.5 Å². The molecular weight excluding hydrogens is 168 g/mol. The molecule has 13 heavy (non-hydrogen) atoms. The highest BCUT2D eigenvalue weighted by Gasteiger charge is 2.36. The van der Waals surface area contributed by atoms with E-state index in [9.17, 15) is 4.79 Å². The second-order valence-corrected chi connectivity index (χ2v) is 3.94. The van der Waals surface area contributed by atoms with E-state index in [1.54, 1.807) is 13.8 Å². The number of amidine groups is 1. The average Bonchev–Trinajstić information content (AvgIpc) is 2.04. The molecule has 4 nitrogen and oxygen atoms in total. The molecule has 0 aromatic heterocycles. The third kappa shape index (κ3) is 1.99. The summed E-state index contributed by atoms with van der Waals surface area (Å²) in [7, 11) is 0. The average molecular weight is 184 g/mol. The summed E-state index contributed by atoms with van der Waals surface area (Å²) in [5.74, 6) is -0.178. The molecule has 0 bridgehead atoms. The van der Waals surface area contributed by atoms with Crippen molar-refractivity contribution in [2.24, 2.45) is 5.41 Å². The summed E-state index contributed by atoms with van der Waals surface area (Å²) in [6.07, 6.45) is 1.27. The number of rotatable bonds is 1. The van der Waals surface area contributed by atoms with Gasteiger partial charge in [0.2, 0.25) is 0 Å². The molecule has 0 aliphatic carbocycles. The number of carbonyl (C=O) groups is 1. The third-order valence-electron chi connectivity index (χ3n) is 2.86. The Balaban J connectivity index is 2.56. The van der Waals surface area contributed by atoms with Gasteiger partial charge in [-0.15, -0.1) is 0 Å². The monoisotopic (exact) mass is 184 g/mol. The fourth-order valence-electron chi connectivity index (χ4n) is 1.55. The minimum atomic E-state index is -0.713. The van der Waals surface area contributed by atoms with Gasteiger partial charge in [0.1, 0.15) is 0 Å². The van der Waals surface area contributed by atoms with Crippen molar-refractivity contribution in [2.45, 2.75) is 26.7 Å². The zero-order chi connectivity index (χ0) is 10.1. The first-order chi connectivity index (χ1) is 5.96. The molecule has 0 aromatic rings. The third-order valence-corrected chi connectivity index (χ3v) is 2.86. The van der Waals surface area contributed by atoms with Gasteiger partial charge in [-0.1, -0.05) is 0 Å². The fraction of sp³-hybridized carbons (Fsp3) is 0.778. The van der Waals surface area contributed by atoms with Crippen LogP contribution < -0.4 is 0 Å². The van der Waals surface area contributed by atoms with Crippen LogP contribution in [-0.2, 0) is 4.79 Å². The van der Waals surface area contributed by atoms with Crippen LogP contribution in [0.25, 0.3) is 0 Å². The van der Waals surface area contributed by atoms with E-state index in [1.165, 1.54) is 0 Å². The zero-order valence-electron chi connectivity index (χ0n) is 8.13. The van der Waals surface area contributed by atoms with Crippen molar-refractivity contribution < 1.29 is 9.90 Å². The number of nitrogens with zero attached hydrogens (tertiary/aromatic N) is 1. The lowest BCUT2D eigenvalue weighted by molar-refractivity contribution is -0.150.